The normalized spacial score (nSPS) is 21.5. The molecule has 3 nitrogen and oxygen atoms in total. The molecular weight excluding hydrogens is 449 g/mol. The van der Waals surface area contributed by atoms with Gasteiger partial charge in [0, 0.05) is 41.8 Å². The van der Waals surface area contributed by atoms with Crippen LogP contribution in [0.25, 0.3) is 0 Å². The molecule has 2 fully saturated rings. The molecule has 1 heterocycles. The first-order valence-corrected chi connectivity index (χ1v) is 12.6. The fourth-order valence-electron chi connectivity index (χ4n) is 4.25. The van der Waals surface area contributed by atoms with Crippen LogP contribution < -0.4 is 0 Å². The molecule has 6 heteroatoms. The number of Topliss-reactive ketones (excluding diaryl/α,β-unsaturated/α-hetero) is 1. The minimum Gasteiger partial charge on any atom is -0.379 e. The van der Waals surface area contributed by atoms with E-state index in [0.717, 1.165) is 49.7 Å². The Morgan fingerprint density at radius 2 is 1.84 bits per heavy atom. The van der Waals surface area contributed by atoms with Gasteiger partial charge in [-0.2, -0.15) is 0 Å². The Morgan fingerprint density at radius 1 is 1.10 bits per heavy atom. The average Bonchev–Trinajstić information content (AvgIpc) is 3.57. The van der Waals surface area contributed by atoms with E-state index in [9.17, 15) is 4.79 Å². The van der Waals surface area contributed by atoms with Crippen LogP contribution in [0.5, 0.6) is 0 Å². The summed E-state index contributed by atoms with van der Waals surface area (Å²) in [5, 5.41) is 1.19. The molecule has 2 atom stereocenters. The predicted octanol–water partition coefficient (Wildman–Crippen LogP) is 6.66. The molecule has 0 spiro atoms. The van der Waals surface area contributed by atoms with Gasteiger partial charge in [0.25, 0.3) is 0 Å². The number of hydrogen-bond acceptors (Lipinski definition) is 4. The molecule has 2 aromatic carbocycles. The molecule has 0 amide bonds. The number of hydrogen-bond donors (Lipinski definition) is 0. The molecule has 2 aliphatic rings. The van der Waals surface area contributed by atoms with Crippen molar-refractivity contribution in [2.24, 2.45) is 5.92 Å². The zero-order valence-electron chi connectivity index (χ0n) is 18.1. The summed E-state index contributed by atoms with van der Waals surface area (Å²) in [6.45, 7) is 8.58. The lowest BCUT2D eigenvalue weighted by Crippen LogP contribution is -2.37. The van der Waals surface area contributed by atoms with Crippen LogP contribution in [0, 0.1) is 5.92 Å². The number of nitrogens with zero attached hydrogens (tertiary/aromatic N) is 1. The molecule has 166 valence electrons. The van der Waals surface area contributed by atoms with Gasteiger partial charge in [0.1, 0.15) is 5.78 Å². The monoisotopic (exact) mass is 477 g/mol. The van der Waals surface area contributed by atoms with E-state index in [0.29, 0.717) is 28.2 Å². The summed E-state index contributed by atoms with van der Waals surface area (Å²) in [4.78, 5) is 17.2. The molecule has 0 bridgehead atoms. The summed E-state index contributed by atoms with van der Waals surface area (Å²) in [7, 11) is 0. The van der Waals surface area contributed by atoms with E-state index >= 15 is 0 Å². The third-order valence-electron chi connectivity index (χ3n) is 6.22. The summed E-state index contributed by atoms with van der Waals surface area (Å²) < 4.78 is 5.38. The Labute approximate surface area is 199 Å². The highest BCUT2D eigenvalue weighted by molar-refractivity contribution is 7.99. The Balaban J connectivity index is 1.41. The third-order valence-corrected chi connectivity index (χ3v) is 8.38. The van der Waals surface area contributed by atoms with Gasteiger partial charge in [-0.3, -0.25) is 9.69 Å². The first-order chi connectivity index (χ1) is 15.0. The van der Waals surface area contributed by atoms with Crippen LogP contribution >= 0.6 is 35.0 Å². The highest BCUT2D eigenvalue weighted by Crippen LogP contribution is 2.53. The van der Waals surface area contributed by atoms with Crippen LogP contribution in [-0.2, 0) is 9.53 Å². The van der Waals surface area contributed by atoms with Crippen molar-refractivity contribution in [3.63, 3.8) is 0 Å². The fraction of sp³-hybridized carbons (Fsp3) is 0.480. The van der Waals surface area contributed by atoms with Crippen LogP contribution in [0.4, 0.5) is 0 Å². The van der Waals surface area contributed by atoms with E-state index in [2.05, 4.69) is 55.1 Å². The van der Waals surface area contributed by atoms with Gasteiger partial charge in [-0.05, 0) is 41.5 Å². The van der Waals surface area contributed by atoms with Gasteiger partial charge in [-0.15, -0.1) is 0 Å². The van der Waals surface area contributed by atoms with Crippen LogP contribution in [-0.4, -0.2) is 43.5 Å². The summed E-state index contributed by atoms with van der Waals surface area (Å²) in [5.74, 6) is 1.06. The van der Waals surface area contributed by atoms with Gasteiger partial charge in [0.05, 0.1) is 23.3 Å². The van der Waals surface area contributed by atoms with E-state index < -0.39 is 0 Å². The van der Waals surface area contributed by atoms with Crippen LogP contribution in [0.2, 0.25) is 10.0 Å². The first-order valence-electron chi connectivity index (χ1n) is 11.0. The molecule has 0 N–H and O–H groups in total. The SMILES string of the molecule is CC(C)c1ccccc1Sc1ccc(C2CC2C(=O)CCN2CCOCC2)c(Cl)c1Cl. The lowest BCUT2D eigenvalue weighted by Gasteiger charge is -2.26. The summed E-state index contributed by atoms with van der Waals surface area (Å²) in [5.41, 5.74) is 2.31. The topological polar surface area (TPSA) is 29.5 Å². The van der Waals surface area contributed by atoms with Crippen LogP contribution in [0.3, 0.4) is 0 Å². The Morgan fingerprint density at radius 3 is 2.58 bits per heavy atom. The quantitative estimate of drug-likeness (QED) is 0.424. The Hall–Kier alpha value is -1.04. The van der Waals surface area contributed by atoms with Gasteiger partial charge >= 0.3 is 0 Å². The second kappa shape index (κ2) is 10.3. The summed E-state index contributed by atoms with van der Waals surface area (Å²) in [6.07, 6.45) is 1.48. The number of ether oxygens (including phenoxy) is 1. The Kier molecular flexibility index (Phi) is 7.66. The van der Waals surface area contributed by atoms with Crippen LogP contribution in [0.15, 0.2) is 46.2 Å². The van der Waals surface area contributed by atoms with Crippen molar-refractivity contribution >= 4 is 40.7 Å². The number of carbonyl (C=O) groups is 1. The smallest absolute Gasteiger partial charge is 0.137 e. The van der Waals surface area contributed by atoms with E-state index in [1.54, 1.807) is 11.8 Å². The third kappa shape index (κ3) is 5.48. The summed E-state index contributed by atoms with van der Waals surface area (Å²) in [6, 6.07) is 12.5. The summed E-state index contributed by atoms with van der Waals surface area (Å²) >= 11 is 15.0. The van der Waals surface area contributed by atoms with Gasteiger partial charge in [0.15, 0.2) is 0 Å². The second-order valence-electron chi connectivity index (χ2n) is 8.69. The van der Waals surface area contributed by atoms with Gasteiger partial charge in [0.2, 0.25) is 0 Å². The van der Waals surface area contributed by atoms with Crippen molar-refractivity contribution in [1.29, 1.82) is 0 Å². The molecule has 31 heavy (non-hydrogen) atoms. The van der Waals surface area contributed by atoms with E-state index in [-0.39, 0.29) is 11.8 Å². The first kappa shape index (κ1) is 23.1. The number of rotatable bonds is 8. The molecule has 2 unspecified atom stereocenters. The lowest BCUT2D eigenvalue weighted by molar-refractivity contribution is -0.120. The van der Waals surface area contributed by atoms with E-state index in [1.165, 1.54) is 10.5 Å². The minimum atomic E-state index is 0.0785. The molecule has 0 radical (unpaired) electrons. The Bertz CT molecular complexity index is 943. The number of ketones is 1. The standard InChI is InChI=1S/C25H29Cl2NO2S/c1-16(2)17-5-3-4-6-22(17)31-23-8-7-18(24(26)25(23)27)19-15-20(19)21(29)9-10-28-11-13-30-14-12-28/h3-8,16,19-20H,9-15H2,1-2H3. The van der Waals surface area contributed by atoms with Crippen molar-refractivity contribution in [2.75, 3.05) is 32.8 Å². The molecule has 4 rings (SSSR count). The molecule has 0 aromatic heterocycles. The van der Waals surface area contributed by atoms with E-state index in [4.69, 9.17) is 27.9 Å². The largest absolute Gasteiger partial charge is 0.379 e. The second-order valence-corrected chi connectivity index (χ2v) is 10.5. The van der Waals surface area contributed by atoms with Crippen LogP contribution in [0.1, 0.15) is 49.7 Å². The number of carbonyl (C=O) groups excluding carboxylic acids is 1. The van der Waals surface area contributed by atoms with Crippen molar-refractivity contribution in [3.8, 4) is 0 Å². The fourth-order valence-corrected chi connectivity index (χ4v) is 6.04. The van der Waals surface area contributed by atoms with Crippen molar-refractivity contribution in [2.45, 2.75) is 48.3 Å². The minimum absolute atomic E-state index is 0.0785. The molecule has 1 aliphatic heterocycles. The van der Waals surface area contributed by atoms with Crippen molar-refractivity contribution < 1.29 is 9.53 Å². The van der Waals surface area contributed by atoms with Gasteiger partial charge < -0.3 is 4.74 Å². The molecular formula is C25H29Cl2NO2S. The van der Waals surface area contributed by atoms with Gasteiger partial charge in [-0.25, -0.2) is 0 Å². The molecule has 1 saturated heterocycles. The maximum Gasteiger partial charge on any atom is 0.137 e. The predicted molar refractivity (Wildman–Crippen MR) is 129 cm³/mol. The number of morpholine rings is 1. The average molecular weight is 478 g/mol. The highest BCUT2D eigenvalue weighted by atomic mass is 35.5. The zero-order valence-corrected chi connectivity index (χ0v) is 20.4. The van der Waals surface area contributed by atoms with E-state index in [1.807, 2.05) is 0 Å². The zero-order chi connectivity index (χ0) is 22.0. The van der Waals surface area contributed by atoms with Gasteiger partial charge in [-0.1, -0.05) is 73.1 Å². The molecule has 1 saturated carbocycles. The molecule has 1 aliphatic carbocycles. The maximum atomic E-state index is 12.7. The van der Waals surface area contributed by atoms with Crippen molar-refractivity contribution in [1.82, 2.24) is 4.90 Å². The number of benzene rings is 2. The maximum absolute atomic E-state index is 12.7. The molecule has 2 aromatic rings. The highest BCUT2D eigenvalue weighted by Gasteiger charge is 2.44. The lowest BCUT2D eigenvalue weighted by atomic mass is 10.0. The van der Waals surface area contributed by atoms with Crippen molar-refractivity contribution in [3.05, 3.63) is 57.6 Å². The number of halogens is 2.